The number of H-pyrrole nitrogens is 1. The maximum atomic E-state index is 12.5. The molecule has 172 valence electrons. The van der Waals surface area contributed by atoms with Gasteiger partial charge in [-0.3, -0.25) is 0 Å². The van der Waals surface area contributed by atoms with Gasteiger partial charge in [0.05, 0.1) is 11.8 Å². The summed E-state index contributed by atoms with van der Waals surface area (Å²) in [4.78, 5) is 26.6. The largest absolute Gasteiger partial charge is 0.445 e. The zero-order valence-electron chi connectivity index (χ0n) is 19.4. The molecule has 2 aromatic carbocycles. The molecule has 34 heavy (non-hydrogen) atoms. The van der Waals surface area contributed by atoms with Crippen molar-refractivity contribution in [2.75, 3.05) is 19.4 Å². The number of fused-ring (bicyclic) bond motifs is 3. The van der Waals surface area contributed by atoms with Gasteiger partial charge in [0.15, 0.2) is 5.82 Å². The van der Waals surface area contributed by atoms with E-state index in [0.29, 0.717) is 6.54 Å². The number of hydrogen-bond acceptors (Lipinski definition) is 5. The van der Waals surface area contributed by atoms with Gasteiger partial charge < -0.3 is 24.5 Å². The number of benzene rings is 2. The first kappa shape index (κ1) is 21.5. The van der Waals surface area contributed by atoms with Crippen molar-refractivity contribution in [3.63, 3.8) is 0 Å². The number of hydrogen-bond donors (Lipinski definition) is 2. The molecule has 0 spiro atoms. The van der Waals surface area contributed by atoms with Crippen LogP contribution in [0.5, 0.6) is 0 Å². The number of imidazole rings is 1. The third kappa shape index (κ3) is 4.05. The maximum absolute atomic E-state index is 12.5. The third-order valence-electron chi connectivity index (χ3n) is 5.85. The van der Waals surface area contributed by atoms with E-state index in [1.54, 1.807) is 18.3 Å². The van der Waals surface area contributed by atoms with Gasteiger partial charge in [-0.2, -0.15) is 0 Å². The SMILES string of the molecule is CNc1nc2[nH]c(-c3cccc(COC(=O)N(C)Cc4ccccc4)c3)cc2c2c1ncn2C. The van der Waals surface area contributed by atoms with Gasteiger partial charge in [0, 0.05) is 38.8 Å². The number of pyridine rings is 1. The Morgan fingerprint density at radius 1 is 1.12 bits per heavy atom. The highest BCUT2D eigenvalue weighted by Gasteiger charge is 2.16. The number of nitrogens with zero attached hydrogens (tertiary/aromatic N) is 4. The summed E-state index contributed by atoms with van der Waals surface area (Å²) in [7, 11) is 5.56. The highest BCUT2D eigenvalue weighted by Crippen LogP contribution is 2.31. The van der Waals surface area contributed by atoms with E-state index in [-0.39, 0.29) is 12.7 Å². The van der Waals surface area contributed by atoms with Crippen molar-refractivity contribution in [3.8, 4) is 11.3 Å². The van der Waals surface area contributed by atoms with Gasteiger partial charge in [0.25, 0.3) is 0 Å². The van der Waals surface area contributed by atoms with E-state index < -0.39 is 0 Å². The molecule has 0 saturated heterocycles. The standard InChI is InChI=1S/C26H26N6O2/c1-27-25-22-23(32(3)16-28-22)20-13-21(29-24(20)30-25)19-11-7-10-18(12-19)15-34-26(33)31(2)14-17-8-5-4-6-9-17/h4-13,16H,14-15H2,1-3H3,(H2,27,29,30). The molecule has 0 radical (unpaired) electrons. The molecule has 2 N–H and O–H groups in total. The molecule has 0 aliphatic carbocycles. The number of rotatable bonds is 6. The average molecular weight is 455 g/mol. The fourth-order valence-electron chi connectivity index (χ4n) is 4.13. The van der Waals surface area contributed by atoms with Crippen LogP contribution in [0.1, 0.15) is 11.1 Å². The zero-order valence-corrected chi connectivity index (χ0v) is 19.4. The van der Waals surface area contributed by atoms with Crippen molar-refractivity contribution < 1.29 is 9.53 Å². The normalized spacial score (nSPS) is 11.1. The minimum Gasteiger partial charge on any atom is -0.445 e. The number of aromatic nitrogens is 4. The maximum Gasteiger partial charge on any atom is 0.410 e. The molecule has 0 bridgehead atoms. The van der Waals surface area contributed by atoms with Gasteiger partial charge >= 0.3 is 6.09 Å². The minimum atomic E-state index is -0.359. The smallest absolute Gasteiger partial charge is 0.410 e. The molecule has 0 aliphatic heterocycles. The van der Waals surface area contributed by atoms with Gasteiger partial charge in [-0.05, 0) is 28.8 Å². The summed E-state index contributed by atoms with van der Waals surface area (Å²) in [5, 5.41) is 4.13. The van der Waals surface area contributed by atoms with Crippen LogP contribution < -0.4 is 5.32 Å². The number of carbonyl (C=O) groups excluding carboxylic acids is 1. The summed E-state index contributed by atoms with van der Waals surface area (Å²) < 4.78 is 7.55. The Bertz CT molecular complexity index is 1470. The van der Waals surface area contributed by atoms with Crippen LogP contribution in [0.4, 0.5) is 10.6 Å². The lowest BCUT2D eigenvalue weighted by Crippen LogP contribution is -2.26. The van der Waals surface area contributed by atoms with Crippen molar-refractivity contribution in [1.29, 1.82) is 0 Å². The topological polar surface area (TPSA) is 88.1 Å². The van der Waals surface area contributed by atoms with E-state index >= 15 is 0 Å². The molecule has 5 aromatic rings. The average Bonchev–Trinajstić information content (AvgIpc) is 3.46. The van der Waals surface area contributed by atoms with Crippen molar-refractivity contribution >= 4 is 34.0 Å². The Morgan fingerprint density at radius 3 is 2.71 bits per heavy atom. The van der Waals surface area contributed by atoms with E-state index in [1.165, 1.54) is 0 Å². The van der Waals surface area contributed by atoms with Gasteiger partial charge in [0.1, 0.15) is 17.8 Å². The lowest BCUT2D eigenvalue weighted by atomic mass is 10.1. The van der Waals surface area contributed by atoms with Crippen LogP contribution >= 0.6 is 0 Å². The monoisotopic (exact) mass is 454 g/mol. The first-order chi connectivity index (χ1) is 16.5. The molecule has 0 aliphatic rings. The van der Waals surface area contributed by atoms with Gasteiger partial charge in [-0.1, -0.05) is 48.5 Å². The molecule has 0 fully saturated rings. The van der Waals surface area contributed by atoms with Crippen LogP contribution in [-0.4, -0.2) is 44.6 Å². The Morgan fingerprint density at radius 2 is 1.91 bits per heavy atom. The van der Waals surface area contributed by atoms with E-state index in [9.17, 15) is 4.79 Å². The lowest BCUT2D eigenvalue weighted by Gasteiger charge is -2.17. The van der Waals surface area contributed by atoms with Crippen LogP contribution in [0.25, 0.3) is 33.3 Å². The molecule has 3 heterocycles. The first-order valence-electron chi connectivity index (χ1n) is 11.1. The molecule has 0 unspecified atom stereocenters. The molecular weight excluding hydrogens is 428 g/mol. The highest BCUT2D eigenvalue weighted by molar-refractivity contribution is 6.07. The van der Waals surface area contributed by atoms with Crippen molar-refractivity contribution in [3.05, 3.63) is 78.1 Å². The summed E-state index contributed by atoms with van der Waals surface area (Å²) in [6.07, 6.45) is 1.44. The highest BCUT2D eigenvalue weighted by atomic mass is 16.6. The summed E-state index contributed by atoms with van der Waals surface area (Å²) in [5.41, 5.74) is 6.53. The molecule has 1 amide bonds. The van der Waals surface area contributed by atoms with Crippen molar-refractivity contribution in [1.82, 2.24) is 24.4 Å². The number of nitrogens with one attached hydrogen (secondary N) is 2. The molecule has 8 nitrogen and oxygen atoms in total. The number of aryl methyl sites for hydroxylation is 1. The number of amides is 1. The second kappa shape index (κ2) is 8.90. The van der Waals surface area contributed by atoms with E-state index in [2.05, 4.69) is 21.4 Å². The number of carbonyl (C=O) groups is 1. The molecular formula is C26H26N6O2. The molecule has 0 atom stereocenters. The molecule has 3 aromatic heterocycles. The van der Waals surface area contributed by atoms with Crippen molar-refractivity contribution in [2.45, 2.75) is 13.2 Å². The number of aromatic amines is 1. The quantitative estimate of drug-likeness (QED) is 0.380. The first-order valence-corrected chi connectivity index (χ1v) is 11.1. The van der Waals surface area contributed by atoms with Crippen LogP contribution in [0.2, 0.25) is 0 Å². The Kier molecular flexibility index (Phi) is 5.63. The van der Waals surface area contributed by atoms with Crippen molar-refractivity contribution in [2.24, 2.45) is 7.05 Å². The Hall–Kier alpha value is -4.33. The Balaban J connectivity index is 1.35. The van der Waals surface area contributed by atoms with Gasteiger partial charge in [0.2, 0.25) is 0 Å². The number of anilines is 1. The van der Waals surface area contributed by atoms with Crippen LogP contribution in [0, 0.1) is 0 Å². The van der Waals surface area contributed by atoms with Gasteiger partial charge in [-0.25, -0.2) is 14.8 Å². The molecule has 0 saturated carbocycles. The predicted octanol–water partition coefficient (Wildman–Crippen LogP) is 4.93. The molecule has 5 rings (SSSR count). The second-order valence-electron chi connectivity index (χ2n) is 8.31. The van der Waals surface area contributed by atoms with Crippen LogP contribution in [0.3, 0.4) is 0 Å². The fourth-order valence-corrected chi connectivity index (χ4v) is 4.13. The van der Waals surface area contributed by atoms with Crippen LogP contribution in [0.15, 0.2) is 67.0 Å². The van der Waals surface area contributed by atoms with E-state index in [1.807, 2.05) is 73.3 Å². The van der Waals surface area contributed by atoms with Crippen LogP contribution in [-0.2, 0) is 24.9 Å². The summed E-state index contributed by atoms with van der Waals surface area (Å²) in [5.74, 6) is 0.733. The van der Waals surface area contributed by atoms with Gasteiger partial charge in [-0.15, -0.1) is 0 Å². The third-order valence-corrected chi connectivity index (χ3v) is 5.85. The summed E-state index contributed by atoms with van der Waals surface area (Å²) in [6.45, 7) is 0.693. The van der Waals surface area contributed by atoms with E-state index in [4.69, 9.17) is 9.72 Å². The second-order valence-corrected chi connectivity index (χ2v) is 8.31. The Labute approximate surface area is 197 Å². The predicted molar refractivity (Wildman–Crippen MR) is 133 cm³/mol. The summed E-state index contributed by atoms with van der Waals surface area (Å²) in [6, 6.07) is 19.9. The number of ether oxygens (including phenoxy) is 1. The minimum absolute atomic E-state index is 0.195. The lowest BCUT2D eigenvalue weighted by molar-refractivity contribution is 0.103. The zero-order chi connectivity index (χ0) is 23.7. The summed E-state index contributed by atoms with van der Waals surface area (Å²) >= 11 is 0. The van der Waals surface area contributed by atoms with E-state index in [0.717, 1.165) is 50.3 Å². The molecule has 8 heteroatoms. The fraction of sp³-hybridized carbons (Fsp3) is 0.192.